The second kappa shape index (κ2) is 6.21. The van der Waals surface area contributed by atoms with Crippen LogP contribution in [0.3, 0.4) is 0 Å². The van der Waals surface area contributed by atoms with Crippen LogP contribution in [-0.2, 0) is 4.79 Å². The molecule has 2 heterocycles. The number of carbonyl (C=O) groups excluding carboxylic acids is 1. The molecular weight excluding hydrogens is 266 g/mol. The fourth-order valence-corrected chi connectivity index (χ4v) is 2.43. The molecular formula is C13H18ClN3O2. The number of halogens is 1. The maximum Gasteiger partial charge on any atom is 0.242 e. The molecule has 1 saturated heterocycles. The molecule has 0 radical (unpaired) electrons. The summed E-state index contributed by atoms with van der Waals surface area (Å²) in [7, 11) is 1.82. The highest BCUT2D eigenvalue weighted by molar-refractivity contribution is 6.30. The summed E-state index contributed by atoms with van der Waals surface area (Å²) in [6.07, 6.45) is 3.40. The van der Waals surface area contributed by atoms with E-state index in [1.807, 2.05) is 7.05 Å². The van der Waals surface area contributed by atoms with Crippen LogP contribution in [0.15, 0.2) is 18.3 Å². The van der Waals surface area contributed by atoms with Gasteiger partial charge in [-0.05, 0) is 25.0 Å². The Bertz CT molecular complexity index is 438. The van der Waals surface area contributed by atoms with Crippen molar-refractivity contribution in [2.24, 2.45) is 0 Å². The number of aliphatic hydroxyl groups is 1. The van der Waals surface area contributed by atoms with E-state index in [1.54, 1.807) is 28.1 Å². The molecule has 1 atom stereocenters. The Hall–Kier alpha value is -1.33. The van der Waals surface area contributed by atoms with Crippen molar-refractivity contribution in [3.63, 3.8) is 0 Å². The van der Waals surface area contributed by atoms with E-state index in [4.69, 9.17) is 11.6 Å². The van der Waals surface area contributed by atoms with Crippen molar-refractivity contribution in [3.05, 3.63) is 23.4 Å². The average molecular weight is 284 g/mol. The van der Waals surface area contributed by atoms with Crippen LogP contribution < -0.4 is 4.90 Å². The van der Waals surface area contributed by atoms with Gasteiger partial charge in [-0.3, -0.25) is 4.79 Å². The van der Waals surface area contributed by atoms with Crippen LogP contribution in [0.1, 0.15) is 12.8 Å². The molecule has 19 heavy (non-hydrogen) atoms. The summed E-state index contributed by atoms with van der Waals surface area (Å²) in [4.78, 5) is 19.9. The Kier molecular flexibility index (Phi) is 4.61. The van der Waals surface area contributed by atoms with Crippen molar-refractivity contribution in [2.75, 3.05) is 31.6 Å². The van der Waals surface area contributed by atoms with Crippen LogP contribution in [0.25, 0.3) is 0 Å². The third-order valence-corrected chi connectivity index (χ3v) is 3.61. The molecule has 6 heteroatoms. The Morgan fingerprint density at radius 2 is 2.42 bits per heavy atom. The smallest absolute Gasteiger partial charge is 0.242 e. The summed E-state index contributed by atoms with van der Waals surface area (Å²) >= 11 is 5.78. The van der Waals surface area contributed by atoms with Gasteiger partial charge in [0.05, 0.1) is 24.2 Å². The predicted octanol–water partition coefficient (Wildman–Crippen LogP) is 1.15. The lowest BCUT2D eigenvalue weighted by Gasteiger charge is -2.26. The molecule has 0 aliphatic carbocycles. The number of amides is 1. The highest BCUT2D eigenvalue weighted by Crippen LogP contribution is 2.18. The maximum absolute atomic E-state index is 12.2. The van der Waals surface area contributed by atoms with Gasteiger partial charge in [-0.2, -0.15) is 0 Å². The van der Waals surface area contributed by atoms with Crippen molar-refractivity contribution < 1.29 is 9.90 Å². The summed E-state index contributed by atoms with van der Waals surface area (Å²) in [5, 5.41) is 9.81. The van der Waals surface area contributed by atoms with Gasteiger partial charge in [0.15, 0.2) is 0 Å². The van der Waals surface area contributed by atoms with Crippen LogP contribution in [-0.4, -0.2) is 53.7 Å². The zero-order chi connectivity index (χ0) is 13.8. The summed E-state index contributed by atoms with van der Waals surface area (Å²) < 4.78 is 0. The Balaban J connectivity index is 1.96. The Labute approximate surface area is 117 Å². The first-order valence-corrected chi connectivity index (χ1v) is 6.72. The number of carbonyl (C=O) groups is 1. The van der Waals surface area contributed by atoms with Gasteiger partial charge in [0.2, 0.25) is 5.91 Å². The fourth-order valence-electron chi connectivity index (χ4n) is 2.32. The van der Waals surface area contributed by atoms with E-state index in [0.29, 0.717) is 10.8 Å². The van der Waals surface area contributed by atoms with E-state index in [0.717, 1.165) is 19.4 Å². The number of likely N-dealkylation sites (N-methyl/N-ethyl adjacent to an activating group) is 1. The quantitative estimate of drug-likeness (QED) is 0.901. The molecule has 0 bridgehead atoms. The van der Waals surface area contributed by atoms with E-state index in [9.17, 15) is 9.90 Å². The number of hydrogen-bond acceptors (Lipinski definition) is 4. The van der Waals surface area contributed by atoms with Gasteiger partial charge in [-0.1, -0.05) is 11.6 Å². The van der Waals surface area contributed by atoms with Gasteiger partial charge >= 0.3 is 0 Å². The summed E-state index contributed by atoms with van der Waals surface area (Å²) in [5.74, 6) is 0.730. The fraction of sp³-hybridized carbons (Fsp3) is 0.538. The molecule has 1 aliphatic rings. The molecule has 1 amide bonds. The van der Waals surface area contributed by atoms with Crippen molar-refractivity contribution in [1.29, 1.82) is 0 Å². The first-order valence-electron chi connectivity index (χ1n) is 6.35. The van der Waals surface area contributed by atoms with Crippen LogP contribution in [0, 0.1) is 0 Å². The normalized spacial score (nSPS) is 18.7. The van der Waals surface area contributed by atoms with E-state index >= 15 is 0 Å². The molecule has 1 fully saturated rings. The third-order valence-electron chi connectivity index (χ3n) is 3.38. The molecule has 0 saturated carbocycles. The number of rotatable bonds is 4. The van der Waals surface area contributed by atoms with Gasteiger partial charge in [-0.25, -0.2) is 4.98 Å². The lowest BCUT2D eigenvalue weighted by Crippen LogP contribution is -2.43. The topological polar surface area (TPSA) is 56.7 Å². The highest BCUT2D eigenvalue weighted by Gasteiger charge is 2.28. The van der Waals surface area contributed by atoms with Crippen LogP contribution in [0.4, 0.5) is 5.82 Å². The van der Waals surface area contributed by atoms with E-state index in [-0.39, 0.29) is 25.1 Å². The Morgan fingerprint density at radius 3 is 3.05 bits per heavy atom. The molecule has 5 nitrogen and oxygen atoms in total. The lowest BCUT2D eigenvalue weighted by atomic mass is 10.2. The largest absolute Gasteiger partial charge is 0.394 e. The molecule has 0 unspecified atom stereocenters. The number of likely N-dealkylation sites (tertiary alicyclic amines) is 1. The lowest BCUT2D eigenvalue weighted by molar-refractivity contribution is -0.131. The zero-order valence-corrected chi connectivity index (χ0v) is 11.7. The molecule has 2 rings (SSSR count). The van der Waals surface area contributed by atoms with Crippen molar-refractivity contribution in [1.82, 2.24) is 9.88 Å². The van der Waals surface area contributed by atoms with Crippen molar-refractivity contribution >= 4 is 23.3 Å². The maximum atomic E-state index is 12.2. The average Bonchev–Trinajstić information content (AvgIpc) is 2.87. The molecule has 0 aromatic carbocycles. The van der Waals surface area contributed by atoms with E-state index in [1.165, 1.54) is 0 Å². The first-order chi connectivity index (χ1) is 9.11. The third kappa shape index (κ3) is 3.36. The number of pyridine rings is 1. The SMILES string of the molecule is CN(CC(=O)N1CCC[C@H]1CO)c1ccc(Cl)cn1. The summed E-state index contributed by atoms with van der Waals surface area (Å²) in [6, 6.07) is 3.50. The molecule has 0 spiro atoms. The number of aliphatic hydroxyl groups excluding tert-OH is 1. The minimum atomic E-state index is -0.0286. The first kappa shape index (κ1) is 14.1. The van der Waals surface area contributed by atoms with Crippen LogP contribution in [0.5, 0.6) is 0 Å². The second-order valence-corrected chi connectivity index (χ2v) is 5.19. The number of hydrogen-bond donors (Lipinski definition) is 1. The Morgan fingerprint density at radius 1 is 1.63 bits per heavy atom. The number of aromatic nitrogens is 1. The van der Waals surface area contributed by atoms with E-state index in [2.05, 4.69) is 4.98 Å². The minimum Gasteiger partial charge on any atom is -0.394 e. The van der Waals surface area contributed by atoms with Gasteiger partial charge in [0.1, 0.15) is 5.82 Å². The van der Waals surface area contributed by atoms with Gasteiger partial charge < -0.3 is 14.9 Å². The standard InChI is InChI=1S/C13H18ClN3O2/c1-16(12-5-4-10(14)7-15-12)8-13(19)17-6-2-3-11(17)9-18/h4-5,7,11,18H,2-3,6,8-9H2,1H3/t11-/m0/s1. The molecule has 1 aliphatic heterocycles. The predicted molar refractivity (Wildman–Crippen MR) is 74.3 cm³/mol. The van der Waals surface area contributed by atoms with E-state index < -0.39 is 0 Å². The van der Waals surface area contributed by atoms with Gasteiger partial charge in [0.25, 0.3) is 0 Å². The van der Waals surface area contributed by atoms with Gasteiger partial charge in [-0.15, -0.1) is 0 Å². The minimum absolute atomic E-state index is 0.0239. The zero-order valence-electron chi connectivity index (χ0n) is 10.9. The second-order valence-electron chi connectivity index (χ2n) is 4.76. The molecule has 1 aromatic rings. The summed E-state index contributed by atoms with van der Waals surface area (Å²) in [5.41, 5.74) is 0. The van der Waals surface area contributed by atoms with Crippen LogP contribution >= 0.6 is 11.6 Å². The van der Waals surface area contributed by atoms with Crippen LogP contribution in [0.2, 0.25) is 5.02 Å². The van der Waals surface area contributed by atoms with Gasteiger partial charge in [0, 0.05) is 19.8 Å². The number of anilines is 1. The summed E-state index contributed by atoms with van der Waals surface area (Å²) in [6.45, 7) is 1.02. The van der Waals surface area contributed by atoms with Crippen molar-refractivity contribution in [3.8, 4) is 0 Å². The van der Waals surface area contributed by atoms with Crippen molar-refractivity contribution in [2.45, 2.75) is 18.9 Å². The number of nitrogens with zero attached hydrogens (tertiary/aromatic N) is 3. The highest BCUT2D eigenvalue weighted by atomic mass is 35.5. The molecule has 104 valence electrons. The monoisotopic (exact) mass is 283 g/mol. The molecule has 1 aromatic heterocycles. The molecule has 1 N–H and O–H groups in total.